The van der Waals surface area contributed by atoms with Crippen LogP contribution in [-0.4, -0.2) is 47.7 Å². The molecule has 0 saturated heterocycles. The van der Waals surface area contributed by atoms with Gasteiger partial charge in [0.1, 0.15) is 6.61 Å². The lowest BCUT2D eigenvalue weighted by Crippen LogP contribution is -2.50. The van der Waals surface area contributed by atoms with Crippen LogP contribution in [0.5, 0.6) is 0 Å². The summed E-state index contributed by atoms with van der Waals surface area (Å²) < 4.78 is 5.33. The van der Waals surface area contributed by atoms with Crippen LogP contribution < -0.4 is 10.6 Å². The lowest BCUT2D eigenvalue weighted by atomic mass is 9.94. The third-order valence-electron chi connectivity index (χ3n) is 5.97. The van der Waals surface area contributed by atoms with Crippen LogP contribution in [0.4, 0.5) is 0 Å². The lowest BCUT2D eigenvalue weighted by Gasteiger charge is -2.29. The topological polar surface area (TPSA) is 105 Å². The molecule has 0 aromatic carbocycles. The molecule has 7 nitrogen and oxygen atoms in total. The first-order valence-electron chi connectivity index (χ1n) is 10.9. The third-order valence-corrected chi connectivity index (χ3v) is 5.97. The molecule has 2 amide bonds. The van der Waals surface area contributed by atoms with Gasteiger partial charge in [-0.2, -0.15) is 0 Å². The SMILES string of the molecule is CC(C)C1COC(=O)CCCC=CCC(CC(=O)NC2(CO)CCCC2)C(=O)N1. The maximum Gasteiger partial charge on any atom is 0.305 e. The maximum absolute atomic E-state index is 12.9. The van der Waals surface area contributed by atoms with E-state index in [2.05, 4.69) is 10.6 Å². The molecular weight excluding hydrogens is 372 g/mol. The summed E-state index contributed by atoms with van der Waals surface area (Å²) in [5, 5.41) is 15.7. The Morgan fingerprint density at radius 2 is 2.00 bits per heavy atom. The number of aliphatic hydroxyl groups is 1. The van der Waals surface area contributed by atoms with Gasteiger partial charge >= 0.3 is 5.97 Å². The molecular formula is C22H36N2O5. The molecule has 1 aliphatic heterocycles. The van der Waals surface area contributed by atoms with Gasteiger partial charge in [-0.1, -0.05) is 38.8 Å². The van der Waals surface area contributed by atoms with E-state index in [4.69, 9.17) is 4.74 Å². The molecule has 1 saturated carbocycles. The van der Waals surface area contributed by atoms with Crippen LogP contribution in [0.25, 0.3) is 0 Å². The molecule has 2 rings (SSSR count). The standard InChI is InChI=1S/C22H36N2O5/c1-16(2)18-14-29-20(27)10-6-4-3-5-9-17(21(28)23-18)13-19(26)24-22(15-25)11-7-8-12-22/h3,5,16-18,25H,4,6-15H2,1-2H3,(H,23,28)(H,24,26). The monoisotopic (exact) mass is 408 g/mol. The fraction of sp³-hybridized carbons (Fsp3) is 0.773. The van der Waals surface area contributed by atoms with Crippen molar-refractivity contribution in [1.29, 1.82) is 0 Å². The Bertz CT molecular complexity index is 596. The van der Waals surface area contributed by atoms with Gasteiger partial charge in [0.2, 0.25) is 11.8 Å². The molecule has 0 bridgehead atoms. The number of ether oxygens (including phenoxy) is 1. The minimum absolute atomic E-state index is 0.0720. The maximum atomic E-state index is 12.9. The number of rotatable bonds is 5. The summed E-state index contributed by atoms with van der Waals surface area (Å²) in [6.07, 6.45) is 9.72. The molecule has 2 unspecified atom stereocenters. The molecule has 0 aromatic heterocycles. The van der Waals surface area contributed by atoms with Gasteiger partial charge in [0.25, 0.3) is 0 Å². The zero-order valence-electron chi connectivity index (χ0n) is 17.7. The molecule has 3 N–H and O–H groups in total. The Labute approximate surface area is 173 Å². The molecule has 0 radical (unpaired) electrons. The van der Waals surface area contributed by atoms with Crippen molar-refractivity contribution in [2.24, 2.45) is 11.8 Å². The summed E-state index contributed by atoms with van der Waals surface area (Å²) in [4.78, 5) is 37.4. The number of carbonyl (C=O) groups is 3. The van der Waals surface area contributed by atoms with Crippen LogP contribution in [0.3, 0.4) is 0 Å². The van der Waals surface area contributed by atoms with Crippen LogP contribution in [0.15, 0.2) is 12.2 Å². The van der Waals surface area contributed by atoms with Gasteiger partial charge in [-0.15, -0.1) is 0 Å². The van der Waals surface area contributed by atoms with E-state index in [1.54, 1.807) is 0 Å². The second kappa shape index (κ2) is 11.3. The van der Waals surface area contributed by atoms with Crippen molar-refractivity contribution in [3.8, 4) is 0 Å². The first kappa shape index (κ1) is 23.4. The molecule has 2 atom stereocenters. The van der Waals surface area contributed by atoms with Gasteiger partial charge in [0.05, 0.1) is 24.1 Å². The van der Waals surface area contributed by atoms with Gasteiger partial charge < -0.3 is 20.5 Å². The average molecular weight is 409 g/mol. The number of carbonyl (C=O) groups excluding carboxylic acids is 3. The van der Waals surface area contributed by atoms with Crippen molar-refractivity contribution in [3.05, 3.63) is 12.2 Å². The van der Waals surface area contributed by atoms with Gasteiger partial charge in [-0.3, -0.25) is 14.4 Å². The van der Waals surface area contributed by atoms with E-state index in [1.165, 1.54) is 0 Å². The van der Waals surface area contributed by atoms with Crippen LogP contribution in [0, 0.1) is 11.8 Å². The minimum Gasteiger partial charge on any atom is -0.463 e. The van der Waals surface area contributed by atoms with Crippen molar-refractivity contribution in [2.45, 2.75) is 83.2 Å². The number of esters is 1. The predicted octanol–water partition coefficient (Wildman–Crippen LogP) is 2.23. The van der Waals surface area contributed by atoms with Crippen molar-refractivity contribution in [2.75, 3.05) is 13.2 Å². The normalized spacial score (nSPS) is 26.1. The molecule has 1 fully saturated rings. The molecule has 2 aliphatic rings. The highest BCUT2D eigenvalue weighted by atomic mass is 16.5. The number of amides is 2. The highest BCUT2D eigenvalue weighted by molar-refractivity contribution is 5.86. The summed E-state index contributed by atoms with van der Waals surface area (Å²) in [6.45, 7) is 3.99. The molecule has 0 aromatic rings. The number of cyclic esters (lactones) is 1. The first-order chi connectivity index (χ1) is 13.8. The van der Waals surface area contributed by atoms with Crippen LogP contribution in [0.2, 0.25) is 0 Å². The zero-order valence-corrected chi connectivity index (χ0v) is 17.7. The Hall–Kier alpha value is -1.89. The van der Waals surface area contributed by atoms with Crippen molar-refractivity contribution in [1.82, 2.24) is 10.6 Å². The highest BCUT2D eigenvalue weighted by Gasteiger charge is 2.35. The molecule has 0 spiro atoms. The Morgan fingerprint density at radius 3 is 2.66 bits per heavy atom. The Balaban J connectivity index is 2.06. The van der Waals surface area contributed by atoms with Gasteiger partial charge in [0.15, 0.2) is 0 Å². The van der Waals surface area contributed by atoms with Gasteiger partial charge in [-0.05, 0) is 38.0 Å². The molecule has 1 heterocycles. The lowest BCUT2D eigenvalue weighted by molar-refractivity contribution is -0.145. The summed E-state index contributed by atoms with van der Waals surface area (Å²) in [5.41, 5.74) is -0.540. The summed E-state index contributed by atoms with van der Waals surface area (Å²) in [5.74, 6) is -1.06. The number of allylic oxidation sites excluding steroid dienone is 2. The highest BCUT2D eigenvalue weighted by Crippen LogP contribution is 2.29. The number of nitrogens with one attached hydrogen (secondary N) is 2. The molecule has 7 heteroatoms. The van der Waals surface area contributed by atoms with E-state index in [0.29, 0.717) is 19.3 Å². The Kier molecular flexibility index (Phi) is 9.14. The van der Waals surface area contributed by atoms with E-state index in [-0.39, 0.29) is 49.4 Å². The van der Waals surface area contributed by atoms with Crippen molar-refractivity contribution < 1.29 is 24.2 Å². The van der Waals surface area contributed by atoms with Crippen LogP contribution in [0.1, 0.15) is 71.6 Å². The van der Waals surface area contributed by atoms with E-state index >= 15 is 0 Å². The van der Waals surface area contributed by atoms with Gasteiger partial charge in [0, 0.05) is 12.8 Å². The van der Waals surface area contributed by atoms with E-state index < -0.39 is 11.5 Å². The van der Waals surface area contributed by atoms with Gasteiger partial charge in [-0.25, -0.2) is 0 Å². The smallest absolute Gasteiger partial charge is 0.305 e. The zero-order chi connectivity index (χ0) is 21.3. The van der Waals surface area contributed by atoms with Crippen molar-refractivity contribution in [3.63, 3.8) is 0 Å². The van der Waals surface area contributed by atoms with Crippen molar-refractivity contribution >= 4 is 17.8 Å². The fourth-order valence-corrected chi connectivity index (χ4v) is 3.93. The van der Waals surface area contributed by atoms with E-state index in [1.807, 2.05) is 26.0 Å². The third kappa shape index (κ3) is 7.46. The molecule has 164 valence electrons. The molecule has 29 heavy (non-hydrogen) atoms. The number of aliphatic hydroxyl groups excluding tert-OH is 1. The summed E-state index contributed by atoms with van der Waals surface area (Å²) in [6, 6.07) is -0.291. The minimum atomic E-state index is -0.540. The second-order valence-electron chi connectivity index (χ2n) is 8.74. The predicted molar refractivity (Wildman–Crippen MR) is 110 cm³/mol. The summed E-state index contributed by atoms with van der Waals surface area (Å²) >= 11 is 0. The largest absolute Gasteiger partial charge is 0.463 e. The first-order valence-corrected chi connectivity index (χ1v) is 10.9. The summed E-state index contributed by atoms with van der Waals surface area (Å²) in [7, 11) is 0. The molecule has 1 aliphatic carbocycles. The fourth-order valence-electron chi connectivity index (χ4n) is 3.93. The number of hydrogen-bond donors (Lipinski definition) is 3. The Morgan fingerprint density at radius 1 is 1.28 bits per heavy atom. The van der Waals surface area contributed by atoms with E-state index in [9.17, 15) is 19.5 Å². The van der Waals surface area contributed by atoms with Crippen LogP contribution in [-0.2, 0) is 19.1 Å². The second-order valence-corrected chi connectivity index (χ2v) is 8.74. The van der Waals surface area contributed by atoms with Crippen LogP contribution >= 0.6 is 0 Å². The average Bonchev–Trinajstić information content (AvgIpc) is 3.14. The van der Waals surface area contributed by atoms with E-state index in [0.717, 1.165) is 32.1 Å². The number of hydrogen-bond acceptors (Lipinski definition) is 5. The quantitative estimate of drug-likeness (QED) is 0.478.